The Balaban J connectivity index is 1.47. The van der Waals surface area contributed by atoms with E-state index >= 15 is 0 Å². The molecule has 31 heavy (non-hydrogen) atoms. The Bertz CT molecular complexity index is 967. The number of carbonyl (C=O) groups is 2. The number of carboxylic acid groups (broad SMARTS) is 1. The minimum atomic E-state index is -0.924. The van der Waals surface area contributed by atoms with Gasteiger partial charge in [0.15, 0.2) is 0 Å². The third-order valence-electron chi connectivity index (χ3n) is 5.57. The van der Waals surface area contributed by atoms with Crippen LogP contribution in [0, 0.1) is 17.8 Å². The molecule has 1 amide bonds. The zero-order valence-electron chi connectivity index (χ0n) is 18.0. The molecule has 1 heterocycles. The zero-order chi connectivity index (χ0) is 22.1. The molecule has 2 atom stereocenters. The summed E-state index contributed by atoms with van der Waals surface area (Å²) in [6.07, 6.45) is 8.31. The van der Waals surface area contributed by atoms with E-state index in [0.717, 1.165) is 36.8 Å². The van der Waals surface area contributed by atoms with Crippen LogP contribution in [0.1, 0.15) is 54.1 Å². The summed E-state index contributed by atoms with van der Waals surface area (Å²) in [5, 5.41) is 9.00. The maximum absolute atomic E-state index is 12.3. The lowest BCUT2D eigenvalue weighted by molar-refractivity contribution is -0.128. The Morgan fingerprint density at radius 2 is 1.94 bits per heavy atom. The van der Waals surface area contributed by atoms with E-state index in [1.54, 1.807) is 12.1 Å². The van der Waals surface area contributed by atoms with Crippen molar-refractivity contribution in [3.63, 3.8) is 0 Å². The minimum absolute atomic E-state index is 0.147. The quantitative estimate of drug-likeness (QED) is 0.491. The number of carboxylic acids is 1. The molecule has 3 rings (SSSR count). The molecule has 4 nitrogen and oxygen atoms in total. The SMILES string of the molecule is CC(CC#Cc1ccccc1)C/C=C/C1CCC(=O)N1CCc1ccc(C(=O)O)cc1. The number of aromatic carboxylic acids is 1. The molecule has 0 bridgehead atoms. The van der Waals surface area contributed by atoms with Gasteiger partial charge in [0.1, 0.15) is 0 Å². The number of rotatable bonds is 8. The molecule has 2 unspecified atom stereocenters. The number of amides is 1. The molecule has 0 aromatic heterocycles. The van der Waals surface area contributed by atoms with Crippen LogP contribution in [0.15, 0.2) is 66.7 Å². The lowest BCUT2D eigenvalue weighted by Gasteiger charge is -2.22. The van der Waals surface area contributed by atoms with E-state index < -0.39 is 5.97 Å². The van der Waals surface area contributed by atoms with Gasteiger partial charge in [0.25, 0.3) is 0 Å². The van der Waals surface area contributed by atoms with Gasteiger partial charge in [0.05, 0.1) is 11.6 Å². The Labute approximate surface area is 184 Å². The molecule has 160 valence electrons. The van der Waals surface area contributed by atoms with Gasteiger partial charge in [-0.15, -0.1) is 0 Å². The number of hydrogen-bond donors (Lipinski definition) is 1. The number of nitrogens with zero attached hydrogens (tertiary/aromatic N) is 1. The van der Waals surface area contributed by atoms with Gasteiger partial charge in [-0.2, -0.15) is 0 Å². The highest BCUT2D eigenvalue weighted by Crippen LogP contribution is 2.21. The number of carbonyl (C=O) groups excluding carboxylic acids is 1. The normalized spacial score (nSPS) is 16.9. The van der Waals surface area contributed by atoms with Crippen LogP contribution >= 0.6 is 0 Å². The summed E-state index contributed by atoms with van der Waals surface area (Å²) in [4.78, 5) is 25.2. The van der Waals surface area contributed by atoms with Gasteiger partial charge in [0.2, 0.25) is 5.91 Å². The van der Waals surface area contributed by atoms with Crippen LogP contribution < -0.4 is 0 Å². The minimum Gasteiger partial charge on any atom is -0.478 e. The number of allylic oxidation sites excluding steroid dienone is 1. The summed E-state index contributed by atoms with van der Waals surface area (Å²) < 4.78 is 0. The van der Waals surface area contributed by atoms with E-state index in [0.29, 0.717) is 18.9 Å². The topological polar surface area (TPSA) is 57.6 Å². The molecule has 1 aliphatic heterocycles. The molecular formula is C27H29NO3. The van der Waals surface area contributed by atoms with Crippen molar-refractivity contribution in [2.24, 2.45) is 5.92 Å². The molecule has 0 radical (unpaired) electrons. The molecule has 2 aromatic rings. The average Bonchev–Trinajstić information content (AvgIpc) is 3.12. The second-order valence-electron chi connectivity index (χ2n) is 8.09. The van der Waals surface area contributed by atoms with Gasteiger partial charge in [-0.1, -0.05) is 61.2 Å². The van der Waals surface area contributed by atoms with Gasteiger partial charge in [-0.05, 0) is 55.0 Å². The number of likely N-dealkylation sites (tertiary alicyclic amines) is 1. The summed E-state index contributed by atoms with van der Waals surface area (Å²) in [5.41, 5.74) is 2.37. The Hall–Kier alpha value is -3.32. The van der Waals surface area contributed by atoms with Crippen molar-refractivity contribution >= 4 is 11.9 Å². The maximum atomic E-state index is 12.3. The van der Waals surface area contributed by atoms with E-state index in [4.69, 9.17) is 5.11 Å². The average molecular weight is 416 g/mol. The molecule has 1 aliphatic rings. The first-order valence-electron chi connectivity index (χ1n) is 10.8. The molecule has 0 saturated carbocycles. The molecule has 4 heteroatoms. The van der Waals surface area contributed by atoms with Crippen LogP contribution in [0.2, 0.25) is 0 Å². The van der Waals surface area contributed by atoms with Crippen LogP contribution in [0.4, 0.5) is 0 Å². The summed E-state index contributed by atoms with van der Waals surface area (Å²) in [5.74, 6) is 6.19. The molecule has 2 aromatic carbocycles. The standard InChI is InChI=1S/C27H29NO3/c1-21(7-5-11-22-9-3-2-4-10-22)8-6-12-25-17-18-26(29)28(25)20-19-23-13-15-24(16-14-23)27(30)31/h2-4,6,9-10,12-16,21,25H,7-8,17-20H2,1H3,(H,30,31)/b12-6+. The Morgan fingerprint density at radius 1 is 1.19 bits per heavy atom. The highest BCUT2D eigenvalue weighted by Gasteiger charge is 2.28. The molecule has 1 fully saturated rings. The van der Waals surface area contributed by atoms with Crippen molar-refractivity contribution in [1.29, 1.82) is 0 Å². The summed E-state index contributed by atoms with van der Waals surface area (Å²) in [6.45, 7) is 2.85. The van der Waals surface area contributed by atoms with E-state index in [1.165, 1.54) is 0 Å². The van der Waals surface area contributed by atoms with E-state index in [9.17, 15) is 9.59 Å². The fourth-order valence-electron chi connectivity index (χ4n) is 3.71. The van der Waals surface area contributed by atoms with Crippen LogP contribution in [0.3, 0.4) is 0 Å². The predicted octanol–water partition coefficient (Wildman–Crippen LogP) is 4.94. The van der Waals surface area contributed by atoms with Crippen LogP contribution in [0.5, 0.6) is 0 Å². The first-order valence-corrected chi connectivity index (χ1v) is 10.8. The first kappa shape index (κ1) is 22.4. The molecule has 0 aliphatic carbocycles. The maximum Gasteiger partial charge on any atom is 0.335 e. The second-order valence-corrected chi connectivity index (χ2v) is 8.09. The van der Waals surface area contributed by atoms with E-state index in [1.807, 2.05) is 47.4 Å². The predicted molar refractivity (Wildman–Crippen MR) is 123 cm³/mol. The summed E-state index contributed by atoms with van der Waals surface area (Å²) >= 11 is 0. The summed E-state index contributed by atoms with van der Waals surface area (Å²) in [6, 6.07) is 17.0. The Morgan fingerprint density at radius 3 is 2.65 bits per heavy atom. The van der Waals surface area contributed by atoms with Crippen molar-refractivity contribution in [1.82, 2.24) is 4.90 Å². The molecule has 0 spiro atoms. The van der Waals surface area contributed by atoms with Crippen molar-refractivity contribution in [3.05, 3.63) is 83.4 Å². The van der Waals surface area contributed by atoms with Crippen LogP contribution in [-0.4, -0.2) is 34.5 Å². The van der Waals surface area contributed by atoms with Gasteiger partial charge in [-0.3, -0.25) is 4.79 Å². The Kier molecular flexibility index (Phi) is 8.06. The van der Waals surface area contributed by atoms with Crippen molar-refractivity contribution < 1.29 is 14.7 Å². The molecule has 1 saturated heterocycles. The van der Waals surface area contributed by atoms with Gasteiger partial charge in [0, 0.05) is 24.9 Å². The number of benzene rings is 2. The van der Waals surface area contributed by atoms with Crippen LogP contribution in [0.25, 0.3) is 0 Å². The fourth-order valence-corrected chi connectivity index (χ4v) is 3.71. The largest absolute Gasteiger partial charge is 0.478 e. The lowest BCUT2D eigenvalue weighted by Crippen LogP contribution is -2.33. The second kappa shape index (κ2) is 11.2. The highest BCUT2D eigenvalue weighted by atomic mass is 16.4. The van der Waals surface area contributed by atoms with Crippen molar-refractivity contribution in [3.8, 4) is 11.8 Å². The molecule has 1 N–H and O–H groups in total. The third-order valence-corrected chi connectivity index (χ3v) is 5.57. The van der Waals surface area contributed by atoms with Crippen molar-refractivity contribution in [2.45, 2.75) is 45.1 Å². The van der Waals surface area contributed by atoms with Crippen LogP contribution in [-0.2, 0) is 11.2 Å². The monoisotopic (exact) mass is 415 g/mol. The van der Waals surface area contributed by atoms with Gasteiger partial charge >= 0.3 is 5.97 Å². The van der Waals surface area contributed by atoms with E-state index in [2.05, 4.69) is 30.9 Å². The van der Waals surface area contributed by atoms with E-state index in [-0.39, 0.29) is 17.5 Å². The fraction of sp³-hybridized carbons (Fsp3) is 0.333. The lowest BCUT2D eigenvalue weighted by atomic mass is 10.0. The first-order chi connectivity index (χ1) is 15.0. The van der Waals surface area contributed by atoms with Crippen molar-refractivity contribution in [2.75, 3.05) is 6.54 Å². The number of hydrogen-bond acceptors (Lipinski definition) is 2. The highest BCUT2D eigenvalue weighted by molar-refractivity contribution is 5.87. The smallest absolute Gasteiger partial charge is 0.335 e. The third kappa shape index (κ3) is 6.86. The molecular weight excluding hydrogens is 386 g/mol. The zero-order valence-corrected chi connectivity index (χ0v) is 18.0. The summed E-state index contributed by atoms with van der Waals surface area (Å²) in [7, 11) is 0. The van der Waals surface area contributed by atoms with Gasteiger partial charge < -0.3 is 10.0 Å². The van der Waals surface area contributed by atoms with Gasteiger partial charge in [-0.25, -0.2) is 4.79 Å².